The van der Waals surface area contributed by atoms with Crippen LogP contribution in [0.4, 0.5) is 5.69 Å². The zero-order valence-corrected chi connectivity index (χ0v) is 11.1. The van der Waals surface area contributed by atoms with E-state index in [4.69, 9.17) is 4.42 Å². The van der Waals surface area contributed by atoms with Crippen molar-refractivity contribution < 1.29 is 4.42 Å². The smallest absolute Gasteiger partial charge is 0.195 e. The molecule has 0 radical (unpaired) electrons. The first kappa shape index (κ1) is 11.8. The number of oxazole rings is 1. The van der Waals surface area contributed by atoms with Gasteiger partial charge < -0.3 is 9.73 Å². The second-order valence-corrected chi connectivity index (χ2v) is 4.44. The maximum atomic E-state index is 5.59. The highest BCUT2D eigenvalue weighted by molar-refractivity contribution is 5.77. The fraction of sp³-hybridized carbons (Fsp3) is 0.286. The van der Waals surface area contributed by atoms with Crippen LogP contribution >= 0.6 is 0 Å². The molecule has 0 saturated carbocycles. The molecule has 0 aliphatic carbocycles. The van der Waals surface area contributed by atoms with Crippen LogP contribution in [-0.4, -0.2) is 14.8 Å². The SMILES string of the molecule is CCc1nc2cc(NCc3ccnn3C)ccc2o1. The molecule has 0 fully saturated rings. The van der Waals surface area contributed by atoms with E-state index in [9.17, 15) is 0 Å². The van der Waals surface area contributed by atoms with Crippen molar-refractivity contribution in [1.82, 2.24) is 14.8 Å². The van der Waals surface area contributed by atoms with Crippen LogP contribution in [-0.2, 0) is 20.0 Å². The molecular formula is C14H16N4O. The Morgan fingerprint density at radius 1 is 1.32 bits per heavy atom. The van der Waals surface area contributed by atoms with Gasteiger partial charge in [-0.2, -0.15) is 5.10 Å². The van der Waals surface area contributed by atoms with E-state index in [0.29, 0.717) is 0 Å². The Bertz CT molecular complexity index is 698. The van der Waals surface area contributed by atoms with Crippen LogP contribution in [0.5, 0.6) is 0 Å². The van der Waals surface area contributed by atoms with E-state index in [1.54, 1.807) is 6.20 Å². The van der Waals surface area contributed by atoms with E-state index in [-0.39, 0.29) is 0 Å². The fourth-order valence-electron chi connectivity index (χ4n) is 2.00. The molecule has 5 nitrogen and oxygen atoms in total. The van der Waals surface area contributed by atoms with E-state index in [1.165, 1.54) is 0 Å². The van der Waals surface area contributed by atoms with E-state index in [0.717, 1.165) is 41.3 Å². The summed E-state index contributed by atoms with van der Waals surface area (Å²) in [4.78, 5) is 4.43. The number of anilines is 1. The molecule has 0 spiro atoms. The van der Waals surface area contributed by atoms with Gasteiger partial charge in [-0.25, -0.2) is 4.98 Å². The lowest BCUT2D eigenvalue weighted by Crippen LogP contribution is -2.05. The van der Waals surface area contributed by atoms with Crippen molar-refractivity contribution in [3.05, 3.63) is 42.0 Å². The van der Waals surface area contributed by atoms with Gasteiger partial charge in [0.15, 0.2) is 11.5 Å². The number of aryl methyl sites for hydroxylation is 2. The summed E-state index contributed by atoms with van der Waals surface area (Å²) in [5, 5.41) is 7.51. The predicted octanol–water partition coefficient (Wildman–Crippen LogP) is 2.74. The monoisotopic (exact) mass is 256 g/mol. The Hall–Kier alpha value is -2.30. The standard InChI is InChI=1S/C14H16N4O/c1-3-14-17-12-8-10(4-5-13(12)19-14)15-9-11-6-7-16-18(11)2/h4-8,15H,3,9H2,1-2H3. The normalized spacial score (nSPS) is 11.1. The van der Waals surface area contributed by atoms with Crippen LogP contribution in [0.1, 0.15) is 18.5 Å². The van der Waals surface area contributed by atoms with Gasteiger partial charge >= 0.3 is 0 Å². The second kappa shape index (κ2) is 4.76. The molecule has 0 atom stereocenters. The van der Waals surface area contributed by atoms with Crippen molar-refractivity contribution in [3.63, 3.8) is 0 Å². The lowest BCUT2D eigenvalue weighted by molar-refractivity contribution is 0.538. The largest absolute Gasteiger partial charge is 0.441 e. The van der Waals surface area contributed by atoms with Gasteiger partial charge in [0.05, 0.1) is 12.2 Å². The molecule has 0 bridgehead atoms. The van der Waals surface area contributed by atoms with Crippen molar-refractivity contribution in [2.45, 2.75) is 19.9 Å². The first-order valence-corrected chi connectivity index (χ1v) is 6.36. The third kappa shape index (κ3) is 2.31. The van der Waals surface area contributed by atoms with Crippen LogP contribution in [0.15, 0.2) is 34.9 Å². The lowest BCUT2D eigenvalue weighted by atomic mass is 10.3. The summed E-state index contributed by atoms with van der Waals surface area (Å²) in [6, 6.07) is 7.96. The maximum absolute atomic E-state index is 5.59. The third-order valence-electron chi connectivity index (χ3n) is 3.13. The van der Waals surface area contributed by atoms with Gasteiger partial charge in [0.25, 0.3) is 0 Å². The predicted molar refractivity (Wildman–Crippen MR) is 73.9 cm³/mol. The summed E-state index contributed by atoms with van der Waals surface area (Å²) in [6.45, 7) is 2.77. The van der Waals surface area contributed by atoms with E-state index >= 15 is 0 Å². The van der Waals surface area contributed by atoms with Crippen molar-refractivity contribution in [2.24, 2.45) is 7.05 Å². The minimum Gasteiger partial charge on any atom is -0.441 e. The highest BCUT2D eigenvalue weighted by Gasteiger charge is 2.05. The van der Waals surface area contributed by atoms with Gasteiger partial charge in [0, 0.05) is 25.4 Å². The minimum absolute atomic E-state index is 0.737. The van der Waals surface area contributed by atoms with Crippen molar-refractivity contribution in [2.75, 3.05) is 5.32 Å². The van der Waals surface area contributed by atoms with E-state index in [2.05, 4.69) is 15.4 Å². The first-order chi connectivity index (χ1) is 9.26. The van der Waals surface area contributed by atoms with Crippen LogP contribution < -0.4 is 5.32 Å². The zero-order valence-electron chi connectivity index (χ0n) is 11.1. The average molecular weight is 256 g/mol. The zero-order chi connectivity index (χ0) is 13.2. The topological polar surface area (TPSA) is 55.9 Å². The molecular weight excluding hydrogens is 240 g/mol. The molecule has 0 unspecified atom stereocenters. The van der Waals surface area contributed by atoms with Gasteiger partial charge in [-0.05, 0) is 24.3 Å². The number of fused-ring (bicyclic) bond motifs is 1. The number of rotatable bonds is 4. The van der Waals surface area contributed by atoms with Crippen LogP contribution in [0.3, 0.4) is 0 Å². The molecule has 2 heterocycles. The van der Waals surface area contributed by atoms with Gasteiger partial charge in [0.1, 0.15) is 5.52 Å². The van der Waals surface area contributed by atoms with Crippen molar-refractivity contribution >= 4 is 16.8 Å². The van der Waals surface area contributed by atoms with Crippen molar-refractivity contribution in [1.29, 1.82) is 0 Å². The number of hydrogen-bond donors (Lipinski definition) is 1. The molecule has 1 N–H and O–H groups in total. The molecule has 2 aromatic heterocycles. The van der Waals surface area contributed by atoms with Crippen molar-refractivity contribution in [3.8, 4) is 0 Å². The number of nitrogens with zero attached hydrogens (tertiary/aromatic N) is 3. The third-order valence-corrected chi connectivity index (χ3v) is 3.13. The summed E-state index contributed by atoms with van der Waals surface area (Å²) in [5.41, 5.74) is 3.90. The summed E-state index contributed by atoms with van der Waals surface area (Å²) >= 11 is 0. The average Bonchev–Trinajstić information content (AvgIpc) is 3.01. The second-order valence-electron chi connectivity index (χ2n) is 4.44. The molecule has 3 aromatic rings. The molecule has 98 valence electrons. The fourth-order valence-corrected chi connectivity index (χ4v) is 2.00. The molecule has 3 rings (SSSR count). The summed E-state index contributed by atoms with van der Waals surface area (Å²) < 4.78 is 7.45. The Balaban J connectivity index is 1.79. The molecule has 19 heavy (non-hydrogen) atoms. The van der Waals surface area contributed by atoms with Gasteiger partial charge in [-0.3, -0.25) is 4.68 Å². The molecule has 0 aliphatic rings. The Kier molecular flexibility index (Phi) is 2.95. The van der Waals surface area contributed by atoms with E-state index in [1.807, 2.05) is 42.9 Å². The number of hydrogen-bond acceptors (Lipinski definition) is 4. The van der Waals surface area contributed by atoms with Crippen LogP contribution in [0.25, 0.3) is 11.1 Å². The first-order valence-electron chi connectivity index (χ1n) is 6.36. The number of benzene rings is 1. The quantitative estimate of drug-likeness (QED) is 0.779. The minimum atomic E-state index is 0.737. The van der Waals surface area contributed by atoms with Gasteiger partial charge in [0.2, 0.25) is 0 Å². The molecule has 0 amide bonds. The van der Waals surface area contributed by atoms with Crippen LogP contribution in [0.2, 0.25) is 0 Å². The van der Waals surface area contributed by atoms with E-state index < -0.39 is 0 Å². The summed E-state index contributed by atoms with van der Waals surface area (Å²) in [6.07, 6.45) is 2.61. The maximum Gasteiger partial charge on any atom is 0.195 e. The molecule has 5 heteroatoms. The lowest BCUT2D eigenvalue weighted by Gasteiger charge is -2.06. The number of aromatic nitrogens is 3. The van der Waals surface area contributed by atoms with Gasteiger partial charge in [-0.15, -0.1) is 0 Å². The molecule has 0 saturated heterocycles. The summed E-state index contributed by atoms with van der Waals surface area (Å²) in [7, 11) is 1.94. The highest BCUT2D eigenvalue weighted by atomic mass is 16.3. The Labute approximate surface area is 111 Å². The van der Waals surface area contributed by atoms with Gasteiger partial charge in [-0.1, -0.05) is 6.92 Å². The Morgan fingerprint density at radius 3 is 2.95 bits per heavy atom. The molecule has 1 aromatic carbocycles. The Morgan fingerprint density at radius 2 is 2.21 bits per heavy atom. The highest BCUT2D eigenvalue weighted by Crippen LogP contribution is 2.20. The van der Waals surface area contributed by atoms with Crippen LogP contribution in [0, 0.1) is 0 Å². The molecule has 0 aliphatic heterocycles. The summed E-state index contributed by atoms with van der Waals surface area (Å²) in [5.74, 6) is 0.777. The number of nitrogens with one attached hydrogen (secondary N) is 1.